The van der Waals surface area contributed by atoms with E-state index < -0.39 is 5.54 Å². The monoisotopic (exact) mass is 351 g/mol. The summed E-state index contributed by atoms with van der Waals surface area (Å²) in [6.07, 6.45) is 3.18. The third-order valence-electron chi connectivity index (χ3n) is 6.83. The molecular formula is C25H21NO. The molecule has 0 unspecified atom stereocenters. The molecule has 2 atom stereocenters. The standard InChI is InChI=1S/C25H21NO/c27-24-17-14-15-19(16-17)26(24)25(18-8-2-1-3-9-18)22-12-6-4-10-20(22)21-11-5-7-13-23(21)25/h1-13,17,19H,14-16H2/t17-,19+/m1/s1. The first kappa shape index (κ1) is 15.2. The number of rotatable bonds is 2. The van der Waals surface area contributed by atoms with Gasteiger partial charge in [-0.3, -0.25) is 4.79 Å². The van der Waals surface area contributed by atoms with E-state index >= 15 is 0 Å². The molecule has 2 heteroatoms. The highest BCUT2D eigenvalue weighted by molar-refractivity contribution is 5.90. The van der Waals surface area contributed by atoms with Crippen molar-refractivity contribution >= 4 is 5.91 Å². The van der Waals surface area contributed by atoms with Crippen LogP contribution in [0.25, 0.3) is 11.1 Å². The highest BCUT2D eigenvalue weighted by Crippen LogP contribution is 2.58. The smallest absolute Gasteiger partial charge is 0.227 e. The average molecular weight is 351 g/mol. The molecule has 2 fully saturated rings. The van der Waals surface area contributed by atoms with Crippen LogP contribution in [0.2, 0.25) is 0 Å². The summed E-state index contributed by atoms with van der Waals surface area (Å²) in [6, 6.07) is 28.3. The van der Waals surface area contributed by atoms with Crippen molar-refractivity contribution in [2.24, 2.45) is 5.92 Å². The fourth-order valence-electron chi connectivity index (χ4n) is 5.83. The van der Waals surface area contributed by atoms with Crippen LogP contribution in [0, 0.1) is 5.92 Å². The fourth-order valence-corrected chi connectivity index (χ4v) is 5.83. The molecule has 3 aromatic rings. The van der Waals surface area contributed by atoms with Crippen molar-refractivity contribution in [3.8, 4) is 11.1 Å². The molecule has 2 nitrogen and oxygen atoms in total. The average Bonchev–Trinajstić information content (AvgIpc) is 3.40. The van der Waals surface area contributed by atoms with Crippen LogP contribution in [0.15, 0.2) is 78.9 Å². The summed E-state index contributed by atoms with van der Waals surface area (Å²) in [5.74, 6) is 0.539. The molecule has 0 aromatic heterocycles. The van der Waals surface area contributed by atoms with Crippen LogP contribution in [-0.4, -0.2) is 16.8 Å². The molecule has 0 N–H and O–H groups in total. The molecule has 1 amide bonds. The predicted octanol–water partition coefficient (Wildman–Crippen LogP) is 4.97. The van der Waals surface area contributed by atoms with Crippen molar-refractivity contribution in [3.05, 3.63) is 95.6 Å². The van der Waals surface area contributed by atoms with Crippen LogP contribution in [0.1, 0.15) is 36.0 Å². The zero-order chi connectivity index (χ0) is 18.0. The van der Waals surface area contributed by atoms with Crippen LogP contribution in [0.5, 0.6) is 0 Å². The van der Waals surface area contributed by atoms with Crippen molar-refractivity contribution in [3.63, 3.8) is 0 Å². The van der Waals surface area contributed by atoms with E-state index in [-0.39, 0.29) is 5.92 Å². The lowest BCUT2D eigenvalue weighted by molar-refractivity contribution is -0.138. The number of nitrogens with zero attached hydrogens (tertiary/aromatic N) is 1. The van der Waals surface area contributed by atoms with Crippen molar-refractivity contribution < 1.29 is 4.79 Å². The lowest BCUT2D eigenvalue weighted by atomic mass is 9.78. The number of amides is 1. The van der Waals surface area contributed by atoms with Gasteiger partial charge >= 0.3 is 0 Å². The minimum absolute atomic E-state index is 0.204. The summed E-state index contributed by atoms with van der Waals surface area (Å²) >= 11 is 0. The van der Waals surface area contributed by atoms with Crippen LogP contribution in [0.3, 0.4) is 0 Å². The van der Waals surface area contributed by atoms with Gasteiger partial charge in [-0.15, -0.1) is 0 Å². The van der Waals surface area contributed by atoms with Crippen LogP contribution < -0.4 is 0 Å². The summed E-state index contributed by atoms with van der Waals surface area (Å²) in [7, 11) is 0. The summed E-state index contributed by atoms with van der Waals surface area (Å²) in [6.45, 7) is 0. The second-order valence-electron chi connectivity index (χ2n) is 8.04. The van der Waals surface area contributed by atoms with Gasteiger partial charge in [-0.2, -0.15) is 0 Å². The number of fused-ring (bicyclic) bond motifs is 5. The molecule has 2 bridgehead atoms. The van der Waals surface area contributed by atoms with Crippen LogP contribution >= 0.6 is 0 Å². The van der Waals surface area contributed by atoms with Gasteiger partial charge in [-0.05, 0) is 47.1 Å². The molecule has 1 aliphatic heterocycles. The maximum atomic E-state index is 13.5. The molecule has 0 radical (unpaired) electrons. The summed E-state index contributed by atoms with van der Waals surface area (Å²) in [4.78, 5) is 15.7. The Balaban J connectivity index is 1.74. The van der Waals surface area contributed by atoms with E-state index in [0.717, 1.165) is 19.3 Å². The zero-order valence-corrected chi connectivity index (χ0v) is 15.1. The Morgan fingerprint density at radius 2 is 1.33 bits per heavy atom. The molecule has 2 aliphatic carbocycles. The van der Waals surface area contributed by atoms with Gasteiger partial charge in [0.15, 0.2) is 0 Å². The van der Waals surface area contributed by atoms with Gasteiger partial charge in [-0.1, -0.05) is 78.9 Å². The summed E-state index contributed by atoms with van der Waals surface area (Å²) < 4.78 is 0. The van der Waals surface area contributed by atoms with Gasteiger partial charge in [0.1, 0.15) is 5.54 Å². The van der Waals surface area contributed by atoms with Crippen LogP contribution in [0.4, 0.5) is 0 Å². The largest absolute Gasteiger partial charge is 0.321 e. The Morgan fingerprint density at radius 1 is 0.741 bits per heavy atom. The Kier molecular flexibility index (Phi) is 3.00. The maximum Gasteiger partial charge on any atom is 0.227 e. The van der Waals surface area contributed by atoms with Gasteiger partial charge in [-0.25, -0.2) is 0 Å². The van der Waals surface area contributed by atoms with E-state index in [2.05, 4.69) is 83.8 Å². The van der Waals surface area contributed by atoms with Gasteiger partial charge in [0, 0.05) is 12.0 Å². The van der Waals surface area contributed by atoms with Crippen molar-refractivity contribution in [2.75, 3.05) is 0 Å². The normalized spacial score (nSPS) is 24.1. The lowest BCUT2D eigenvalue weighted by Gasteiger charge is -2.46. The minimum atomic E-state index is -0.509. The Hall–Kier alpha value is -2.87. The molecule has 1 saturated heterocycles. The first-order valence-electron chi connectivity index (χ1n) is 9.90. The van der Waals surface area contributed by atoms with E-state index in [0.29, 0.717) is 11.9 Å². The molecule has 6 rings (SSSR count). The fraction of sp³-hybridized carbons (Fsp3) is 0.240. The summed E-state index contributed by atoms with van der Waals surface area (Å²) in [5, 5.41) is 0. The number of carbonyl (C=O) groups is 1. The number of piperidine rings is 1. The van der Waals surface area contributed by atoms with E-state index in [1.54, 1.807) is 0 Å². The SMILES string of the molecule is O=C1[C@@H]2CC[C@@H](C2)N1C1(c2ccccc2)c2ccccc2-c2ccccc21. The predicted molar refractivity (Wildman–Crippen MR) is 106 cm³/mol. The first-order chi connectivity index (χ1) is 13.3. The Morgan fingerprint density at radius 3 is 1.93 bits per heavy atom. The van der Waals surface area contributed by atoms with Crippen molar-refractivity contribution in [1.29, 1.82) is 0 Å². The van der Waals surface area contributed by atoms with Crippen LogP contribution in [-0.2, 0) is 10.3 Å². The van der Waals surface area contributed by atoms with Crippen molar-refractivity contribution in [1.82, 2.24) is 4.90 Å². The maximum absolute atomic E-state index is 13.5. The molecule has 1 saturated carbocycles. The Bertz CT molecular complexity index is 1010. The van der Waals surface area contributed by atoms with E-state index in [1.165, 1.54) is 27.8 Å². The zero-order valence-electron chi connectivity index (χ0n) is 15.1. The molecule has 1 heterocycles. The van der Waals surface area contributed by atoms with Crippen molar-refractivity contribution in [2.45, 2.75) is 30.8 Å². The van der Waals surface area contributed by atoms with Gasteiger partial charge in [0.2, 0.25) is 5.91 Å². The molecule has 132 valence electrons. The third kappa shape index (κ3) is 1.78. The van der Waals surface area contributed by atoms with Gasteiger partial charge in [0.05, 0.1) is 0 Å². The Labute approximate surface area is 159 Å². The number of likely N-dealkylation sites (tertiary alicyclic amines) is 1. The van der Waals surface area contributed by atoms with E-state index in [1.807, 2.05) is 0 Å². The highest BCUT2D eigenvalue weighted by atomic mass is 16.2. The molecule has 0 spiro atoms. The number of hydrogen-bond acceptors (Lipinski definition) is 1. The molecule has 3 aliphatic rings. The number of hydrogen-bond donors (Lipinski definition) is 0. The van der Waals surface area contributed by atoms with Gasteiger partial charge < -0.3 is 4.90 Å². The molecule has 3 aromatic carbocycles. The minimum Gasteiger partial charge on any atom is -0.321 e. The molecular weight excluding hydrogens is 330 g/mol. The van der Waals surface area contributed by atoms with Gasteiger partial charge in [0.25, 0.3) is 0 Å². The molecule has 27 heavy (non-hydrogen) atoms. The third-order valence-corrected chi connectivity index (χ3v) is 6.83. The number of benzene rings is 3. The second-order valence-corrected chi connectivity index (χ2v) is 8.04. The quantitative estimate of drug-likeness (QED) is 0.638. The summed E-state index contributed by atoms with van der Waals surface area (Å²) in [5.41, 5.74) is 5.70. The highest BCUT2D eigenvalue weighted by Gasteiger charge is 2.58. The van der Waals surface area contributed by atoms with E-state index in [9.17, 15) is 4.79 Å². The lowest BCUT2D eigenvalue weighted by Crippen LogP contribution is -2.53. The van der Waals surface area contributed by atoms with E-state index in [4.69, 9.17) is 0 Å². The first-order valence-corrected chi connectivity index (χ1v) is 9.90. The second kappa shape index (κ2) is 5.32. The topological polar surface area (TPSA) is 20.3 Å². The number of carbonyl (C=O) groups excluding carboxylic acids is 1.